The normalized spacial score (nSPS) is 16.5. The van der Waals surface area contributed by atoms with Crippen molar-refractivity contribution in [2.75, 3.05) is 30.5 Å². The number of rotatable bonds is 19. The predicted octanol–water partition coefficient (Wildman–Crippen LogP) is 7.28. The van der Waals surface area contributed by atoms with Crippen LogP contribution in [0.15, 0.2) is 162 Å². The summed E-state index contributed by atoms with van der Waals surface area (Å²) in [5.74, 6) is -2.30. The topological polar surface area (TPSA) is 232 Å². The van der Waals surface area contributed by atoms with Crippen molar-refractivity contribution in [3.8, 4) is 0 Å². The highest BCUT2D eigenvalue weighted by Gasteiger charge is 2.66. The Labute approximate surface area is 441 Å². The van der Waals surface area contributed by atoms with Crippen LogP contribution in [0.4, 0.5) is 15.3 Å². The smallest absolute Gasteiger partial charge is 0.411 e. The van der Waals surface area contributed by atoms with Gasteiger partial charge < -0.3 is 34.3 Å². The average Bonchev–Trinajstić information content (AvgIpc) is 3.86. The fourth-order valence-corrected chi connectivity index (χ4v) is 10.6. The van der Waals surface area contributed by atoms with Crippen LogP contribution in [-0.2, 0) is 56.3 Å². The summed E-state index contributed by atoms with van der Waals surface area (Å²) in [6.45, 7) is 4.38. The molecule has 1 fully saturated rings. The summed E-state index contributed by atoms with van der Waals surface area (Å²) in [4.78, 5) is 83.9. The maximum atomic E-state index is 14.5. The third-order valence-electron chi connectivity index (χ3n) is 11.7. The second-order valence-electron chi connectivity index (χ2n) is 18.2. The Bertz CT molecular complexity index is 2940. The number of ether oxygens (including phenoxy) is 5. The number of anilines is 1. The maximum absolute atomic E-state index is 14.5. The summed E-state index contributed by atoms with van der Waals surface area (Å²) in [6.07, 6.45) is -3.71. The summed E-state index contributed by atoms with van der Waals surface area (Å²) in [7, 11) is 3.01. The number of benzene rings is 5. The van der Waals surface area contributed by atoms with Crippen LogP contribution in [0.2, 0.25) is 0 Å². The number of fused-ring (bicyclic) bond motifs is 1. The van der Waals surface area contributed by atoms with Crippen LogP contribution >= 0.6 is 23.5 Å². The van der Waals surface area contributed by atoms with E-state index in [2.05, 4.69) is 31.5 Å². The van der Waals surface area contributed by atoms with Gasteiger partial charge in [0.25, 0.3) is 11.6 Å². The van der Waals surface area contributed by atoms with Crippen molar-refractivity contribution in [1.29, 1.82) is 0 Å². The molecule has 6 aromatic rings. The lowest BCUT2D eigenvalue weighted by Crippen LogP contribution is -2.80. The number of esters is 2. The Morgan fingerprint density at radius 3 is 1.83 bits per heavy atom. The molecule has 0 bridgehead atoms. The molecular formula is C54H54N8O11S2. The van der Waals surface area contributed by atoms with Crippen LogP contribution in [0.5, 0.6) is 0 Å². The number of aromatic nitrogens is 4. The third-order valence-corrected chi connectivity index (χ3v) is 14.2. The number of hydrogen-bond donors (Lipinski definition) is 3. The van der Waals surface area contributed by atoms with Gasteiger partial charge in [0.15, 0.2) is 18.2 Å². The van der Waals surface area contributed by atoms with Crippen molar-refractivity contribution in [2.24, 2.45) is 7.05 Å². The van der Waals surface area contributed by atoms with Crippen LogP contribution in [0.3, 0.4) is 0 Å². The largest absolute Gasteiger partial charge is 0.451 e. The summed E-state index contributed by atoms with van der Waals surface area (Å²) < 4.78 is 30.4. The van der Waals surface area contributed by atoms with Gasteiger partial charge in [-0.3, -0.25) is 19.8 Å². The Kier molecular flexibility index (Phi) is 17.0. The van der Waals surface area contributed by atoms with Crippen molar-refractivity contribution in [3.05, 3.63) is 185 Å². The molecule has 2 aliphatic rings. The molecule has 3 atom stereocenters. The number of tetrazole rings is 1. The molecule has 75 heavy (non-hydrogen) atoms. The van der Waals surface area contributed by atoms with Crippen molar-refractivity contribution in [1.82, 2.24) is 35.7 Å². The van der Waals surface area contributed by atoms with Gasteiger partial charge in [0, 0.05) is 31.4 Å². The molecule has 21 heteroatoms. The molecule has 388 valence electrons. The molecular weight excluding hydrogens is 1000 g/mol. The number of nitrogens with zero attached hydrogens (tertiary/aromatic N) is 5. The van der Waals surface area contributed by atoms with E-state index in [4.69, 9.17) is 23.7 Å². The molecule has 3 heterocycles. The van der Waals surface area contributed by atoms with Gasteiger partial charge in [-0.2, -0.15) is 0 Å². The fraction of sp³-hybridized carbons (Fsp3) is 0.278. The summed E-state index contributed by atoms with van der Waals surface area (Å²) in [5, 5.41) is 19.2. The van der Waals surface area contributed by atoms with Gasteiger partial charge in [-0.05, 0) is 76.7 Å². The molecule has 1 aromatic heterocycles. The van der Waals surface area contributed by atoms with E-state index >= 15 is 0 Å². The minimum absolute atomic E-state index is 0.0429. The standard InChI is InChI=1S/C54H54N8O11S2/c1-53(2,3)73-52(68)56-41(46(64)71-44(35-18-10-6-11-19-35)36-20-12-7-13-21-36)31-70-51(67)55-40-28-26-34(27-29-40)30-42(63)57-54(69-5)48(66)62-43(39(32-74-49(54)62)33-75-50-58-59-60-61(50)4)47(65)72-45(37-22-14-8-15-23-37)38-24-16-9-17-25-38/h6-29,41,44-45,49H,30-33H2,1-5H3,(H,55,67)(H,56,68)(H,57,63)/t41?,49-,54+/m1/s1. The molecule has 2 aliphatic heterocycles. The van der Waals surface area contributed by atoms with Gasteiger partial charge in [0.2, 0.25) is 11.1 Å². The first-order chi connectivity index (χ1) is 36.1. The number of nitrogens with one attached hydrogen (secondary N) is 3. The molecule has 3 N–H and O–H groups in total. The van der Waals surface area contributed by atoms with E-state index in [1.165, 1.54) is 52.3 Å². The lowest BCUT2D eigenvalue weighted by molar-refractivity contribution is -0.193. The number of methoxy groups -OCH3 is 1. The van der Waals surface area contributed by atoms with Gasteiger partial charge in [0.1, 0.15) is 23.3 Å². The van der Waals surface area contributed by atoms with E-state index in [9.17, 15) is 28.8 Å². The lowest BCUT2D eigenvalue weighted by atomic mass is 9.97. The molecule has 1 unspecified atom stereocenters. The minimum atomic E-state index is -1.82. The molecule has 8 rings (SSSR count). The molecule has 19 nitrogen and oxygen atoms in total. The van der Waals surface area contributed by atoms with E-state index in [0.717, 1.165) is 11.1 Å². The third kappa shape index (κ3) is 13.0. The van der Waals surface area contributed by atoms with Gasteiger partial charge >= 0.3 is 24.1 Å². The second kappa shape index (κ2) is 23.9. The quantitative estimate of drug-likeness (QED) is 0.0238. The molecule has 0 aliphatic carbocycles. The first kappa shape index (κ1) is 53.3. The number of amides is 4. The van der Waals surface area contributed by atoms with Crippen LogP contribution in [-0.4, -0.2) is 109 Å². The highest BCUT2D eigenvalue weighted by molar-refractivity contribution is 8.01. The van der Waals surface area contributed by atoms with E-state index in [1.54, 1.807) is 64.2 Å². The Morgan fingerprint density at radius 1 is 0.773 bits per heavy atom. The Balaban J connectivity index is 0.916. The molecule has 4 amide bonds. The molecule has 1 saturated heterocycles. The van der Waals surface area contributed by atoms with Crippen LogP contribution in [0, 0.1) is 0 Å². The number of thioether (sulfide) groups is 2. The lowest BCUT2D eigenvalue weighted by Gasteiger charge is -2.56. The fourth-order valence-electron chi connectivity index (χ4n) is 8.14. The summed E-state index contributed by atoms with van der Waals surface area (Å²) >= 11 is 2.62. The zero-order valence-corrected chi connectivity index (χ0v) is 43.2. The summed E-state index contributed by atoms with van der Waals surface area (Å²) in [5.41, 5.74) is 1.54. The number of aryl methyl sites for hydroxylation is 1. The zero-order chi connectivity index (χ0) is 53.1. The van der Waals surface area contributed by atoms with Crippen molar-refractivity contribution in [3.63, 3.8) is 0 Å². The van der Waals surface area contributed by atoms with Crippen molar-refractivity contribution < 1.29 is 52.5 Å². The number of carbonyl (C=O) groups excluding carboxylic acids is 6. The number of carbonyl (C=O) groups is 6. The highest BCUT2D eigenvalue weighted by Crippen LogP contribution is 2.48. The number of β-lactam (4-membered cyclic amide) rings is 1. The Morgan fingerprint density at radius 2 is 1.32 bits per heavy atom. The van der Waals surface area contributed by atoms with Gasteiger partial charge in [0.05, 0.1) is 6.42 Å². The van der Waals surface area contributed by atoms with Crippen molar-refractivity contribution >= 4 is 65.2 Å². The maximum Gasteiger partial charge on any atom is 0.411 e. The number of hydrogen-bond acceptors (Lipinski definition) is 16. The minimum Gasteiger partial charge on any atom is -0.451 e. The van der Waals surface area contributed by atoms with Crippen LogP contribution < -0.4 is 16.0 Å². The Hall–Kier alpha value is -8.01. The zero-order valence-electron chi connectivity index (χ0n) is 41.5. The van der Waals surface area contributed by atoms with E-state index in [-0.39, 0.29) is 29.3 Å². The van der Waals surface area contributed by atoms with Gasteiger partial charge in [-0.1, -0.05) is 145 Å². The highest BCUT2D eigenvalue weighted by atomic mass is 32.2. The monoisotopic (exact) mass is 1050 g/mol. The van der Waals surface area contributed by atoms with Crippen LogP contribution in [0.1, 0.15) is 60.8 Å². The molecule has 0 spiro atoms. The summed E-state index contributed by atoms with van der Waals surface area (Å²) in [6, 6.07) is 41.5. The van der Waals surface area contributed by atoms with E-state index < -0.39 is 77.5 Å². The second-order valence-corrected chi connectivity index (χ2v) is 20.2. The van der Waals surface area contributed by atoms with Gasteiger partial charge in [-0.25, -0.2) is 23.9 Å². The molecule has 0 saturated carbocycles. The van der Waals surface area contributed by atoms with Gasteiger partial charge in [-0.15, -0.1) is 16.9 Å². The SMILES string of the molecule is CO[C@@]1(NC(=O)Cc2ccc(NC(=O)OCC(NC(=O)OC(C)(C)C)C(=O)OC(c3ccccc3)c3ccccc3)cc2)C(=O)N2C(C(=O)OC(c3ccccc3)c3ccccc3)=C(CSc3nnnn3C)CS[C@@H]21. The number of alkyl carbamates (subject to hydrolysis) is 1. The predicted molar refractivity (Wildman–Crippen MR) is 277 cm³/mol. The van der Waals surface area contributed by atoms with E-state index in [1.807, 2.05) is 97.1 Å². The van der Waals surface area contributed by atoms with E-state index in [0.29, 0.717) is 27.4 Å². The molecule has 5 aromatic carbocycles. The van der Waals surface area contributed by atoms with Crippen molar-refractivity contribution in [2.45, 2.75) is 67.3 Å². The average molecular weight is 1060 g/mol. The molecule has 0 radical (unpaired) electrons. The van der Waals surface area contributed by atoms with Crippen LogP contribution in [0.25, 0.3) is 0 Å². The first-order valence-corrected chi connectivity index (χ1v) is 25.7. The first-order valence-electron chi connectivity index (χ1n) is 23.6.